The number of amides is 2. The fourth-order valence-electron chi connectivity index (χ4n) is 3.43. The van der Waals surface area contributed by atoms with Crippen molar-refractivity contribution in [1.82, 2.24) is 19.8 Å². The predicted octanol–water partition coefficient (Wildman–Crippen LogP) is 2.89. The van der Waals surface area contributed by atoms with Crippen LogP contribution in [0.15, 0.2) is 30.2 Å². The lowest BCUT2D eigenvalue weighted by atomic mass is 10.1. The van der Waals surface area contributed by atoms with Crippen LogP contribution in [0.1, 0.15) is 47.0 Å². The number of carbonyl (C=O) groups is 2. The first kappa shape index (κ1) is 18.5. The largest absolute Gasteiger partial charge is 0.338 e. The number of carbonyl (C=O) groups excluding carboxylic acids is 2. The number of nitrogens with zero attached hydrogens (tertiary/aromatic N) is 4. The van der Waals surface area contributed by atoms with Crippen molar-refractivity contribution < 1.29 is 9.59 Å². The maximum Gasteiger partial charge on any atom is 0.264 e. The number of aromatic nitrogens is 2. The van der Waals surface area contributed by atoms with Crippen LogP contribution >= 0.6 is 11.3 Å². The normalized spacial score (nSPS) is 17.6. The van der Waals surface area contributed by atoms with Gasteiger partial charge >= 0.3 is 0 Å². The van der Waals surface area contributed by atoms with Crippen molar-refractivity contribution in [2.24, 2.45) is 0 Å². The monoisotopic (exact) mass is 372 g/mol. The minimum absolute atomic E-state index is 0.0488. The topological polar surface area (TPSA) is 66.4 Å². The van der Waals surface area contributed by atoms with E-state index < -0.39 is 0 Å². The second kappa shape index (κ2) is 8.40. The average Bonchev–Trinajstić information content (AvgIpc) is 2.92. The van der Waals surface area contributed by atoms with Crippen LogP contribution in [0.25, 0.3) is 0 Å². The molecular formula is C19H24N4O2S. The van der Waals surface area contributed by atoms with E-state index in [0.717, 1.165) is 41.8 Å². The molecule has 0 N–H and O–H groups in total. The van der Waals surface area contributed by atoms with Gasteiger partial charge in [0.05, 0.1) is 4.88 Å². The van der Waals surface area contributed by atoms with Gasteiger partial charge in [-0.15, -0.1) is 11.3 Å². The Kier molecular flexibility index (Phi) is 5.98. The lowest BCUT2D eigenvalue weighted by Gasteiger charge is -2.30. The molecule has 3 heterocycles. The van der Waals surface area contributed by atoms with Gasteiger partial charge in [0.2, 0.25) is 5.91 Å². The molecule has 0 spiro atoms. The molecule has 2 aromatic rings. The highest BCUT2D eigenvalue weighted by Gasteiger charge is 2.27. The van der Waals surface area contributed by atoms with E-state index in [0.29, 0.717) is 13.1 Å². The zero-order valence-corrected chi connectivity index (χ0v) is 16.0. The Morgan fingerprint density at radius 1 is 1.27 bits per heavy atom. The number of rotatable bonds is 4. The Labute approximate surface area is 157 Å². The van der Waals surface area contributed by atoms with Gasteiger partial charge in [0.1, 0.15) is 6.33 Å². The Balaban J connectivity index is 1.67. The lowest BCUT2D eigenvalue weighted by molar-refractivity contribution is -0.132. The van der Waals surface area contributed by atoms with Crippen molar-refractivity contribution in [3.8, 4) is 0 Å². The van der Waals surface area contributed by atoms with Gasteiger partial charge in [0, 0.05) is 50.6 Å². The summed E-state index contributed by atoms with van der Waals surface area (Å²) in [7, 11) is 0. The van der Waals surface area contributed by atoms with Gasteiger partial charge in [-0.05, 0) is 43.2 Å². The van der Waals surface area contributed by atoms with E-state index in [1.54, 1.807) is 19.3 Å². The molecule has 0 aromatic carbocycles. The van der Waals surface area contributed by atoms with Crippen molar-refractivity contribution >= 4 is 23.2 Å². The summed E-state index contributed by atoms with van der Waals surface area (Å²) in [4.78, 5) is 37.7. The highest BCUT2D eigenvalue weighted by atomic mass is 32.1. The van der Waals surface area contributed by atoms with E-state index in [2.05, 4.69) is 9.97 Å². The molecule has 3 rings (SSSR count). The second-order valence-electron chi connectivity index (χ2n) is 6.70. The molecule has 138 valence electrons. The van der Waals surface area contributed by atoms with Gasteiger partial charge < -0.3 is 9.80 Å². The van der Waals surface area contributed by atoms with E-state index >= 15 is 0 Å². The summed E-state index contributed by atoms with van der Waals surface area (Å²) < 4.78 is 0. The minimum Gasteiger partial charge on any atom is -0.338 e. The maximum atomic E-state index is 12.8. The second-order valence-corrected chi connectivity index (χ2v) is 7.62. The van der Waals surface area contributed by atoms with Crippen LogP contribution in [-0.4, -0.2) is 50.7 Å². The molecule has 1 aliphatic rings. The Bertz CT molecular complexity index is 762. The minimum atomic E-state index is 0.0488. The molecule has 2 amide bonds. The molecule has 6 nitrogen and oxygen atoms in total. The quantitative estimate of drug-likeness (QED) is 0.828. The highest BCUT2D eigenvalue weighted by Crippen LogP contribution is 2.23. The van der Waals surface area contributed by atoms with Gasteiger partial charge in [-0.2, -0.15) is 0 Å². The standard InChI is InChI=1S/C19H24N4O2S/c1-14-6-9-26-18(14)19(25)22-7-3-4-17(5-8-22)23(15(2)24)12-16-10-20-13-21-11-16/h6,9-11,13,17H,3-5,7-8,12H2,1-2H3. The molecule has 26 heavy (non-hydrogen) atoms. The molecule has 0 radical (unpaired) electrons. The molecule has 0 saturated carbocycles. The fraction of sp³-hybridized carbons (Fsp3) is 0.474. The number of aryl methyl sites for hydroxylation is 1. The van der Waals surface area contributed by atoms with Gasteiger partial charge in [0.15, 0.2) is 0 Å². The summed E-state index contributed by atoms with van der Waals surface area (Å²) in [6.07, 6.45) is 7.58. The van der Waals surface area contributed by atoms with Gasteiger partial charge in [-0.1, -0.05) is 0 Å². The van der Waals surface area contributed by atoms with E-state index in [1.165, 1.54) is 17.7 Å². The highest BCUT2D eigenvalue weighted by molar-refractivity contribution is 7.12. The number of likely N-dealkylation sites (tertiary alicyclic amines) is 1. The van der Waals surface area contributed by atoms with Gasteiger partial charge in [-0.25, -0.2) is 9.97 Å². The van der Waals surface area contributed by atoms with Crippen LogP contribution in [0, 0.1) is 6.92 Å². The summed E-state index contributed by atoms with van der Waals surface area (Å²) in [6.45, 7) is 5.51. The molecule has 0 aliphatic carbocycles. The smallest absolute Gasteiger partial charge is 0.264 e. The third-order valence-electron chi connectivity index (χ3n) is 4.85. The summed E-state index contributed by atoms with van der Waals surface area (Å²) in [5.41, 5.74) is 1.96. The molecule has 1 unspecified atom stereocenters. The van der Waals surface area contributed by atoms with Crippen LogP contribution in [0.5, 0.6) is 0 Å². The van der Waals surface area contributed by atoms with E-state index in [1.807, 2.05) is 28.2 Å². The Morgan fingerprint density at radius 2 is 2.04 bits per heavy atom. The molecule has 1 fully saturated rings. The summed E-state index contributed by atoms with van der Waals surface area (Å²) >= 11 is 1.50. The van der Waals surface area contributed by atoms with Gasteiger partial charge in [0.25, 0.3) is 5.91 Å². The van der Waals surface area contributed by atoms with Crippen LogP contribution in [0.3, 0.4) is 0 Å². The van der Waals surface area contributed by atoms with Crippen LogP contribution in [0.2, 0.25) is 0 Å². The third kappa shape index (κ3) is 4.27. The first-order valence-electron chi connectivity index (χ1n) is 8.90. The van der Waals surface area contributed by atoms with Crippen LogP contribution in [-0.2, 0) is 11.3 Å². The van der Waals surface area contributed by atoms with Crippen LogP contribution < -0.4 is 0 Å². The predicted molar refractivity (Wildman–Crippen MR) is 101 cm³/mol. The molecule has 1 atom stereocenters. The first-order chi connectivity index (χ1) is 12.6. The number of hydrogen-bond acceptors (Lipinski definition) is 5. The van der Waals surface area contributed by atoms with Crippen molar-refractivity contribution in [1.29, 1.82) is 0 Å². The zero-order chi connectivity index (χ0) is 18.5. The van der Waals surface area contributed by atoms with E-state index in [4.69, 9.17) is 0 Å². The molecule has 1 saturated heterocycles. The van der Waals surface area contributed by atoms with E-state index in [9.17, 15) is 9.59 Å². The molecular weight excluding hydrogens is 348 g/mol. The Morgan fingerprint density at radius 3 is 2.69 bits per heavy atom. The fourth-order valence-corrected chi connectivity index (χ4v) is 4.33. The molecule has 2 aromatic heterocycles. The summed E-state index contributed by atoms with van der Waals surface area (Å²) in [6, 6.07) is 2.12. The zero-order valence-electron chi connectivity index (χ0n) is 15.2. The van der Waals surface area contributed by atoms with Gasteiger partial charge in [-0.3, -0.25) is 9.59 Å². The Hall–Kier alpha value is -2.28. The van der Waals surface area contributed by atoms with E-state index in [-0.39, 0.29) is 17.9 Å². The average molecular weight is 372 g/mol. The molecule has 0 bridgehead atoms. The van der Waals surface area contributed by atoms with Crippen molar-refractivity contribution in [2.75, 3.05) is 13.1 Å². The number of hydrogen-bond donors (Lipinski definition) is 0. The van der Waals surface area contributed by atoms with Crippen molar-refractivity contribution in [3.63, 3.8) is 0 Å². The van der Waals surface area contributed by atoms with Crippen molar-refractivity contribution in [2.45, 2.75) is 45.7 Å². The lowest BCUT2D eigenvalue weighted by Crippen LogP contribution is -2.39. The first-order valence-corrected chi connectivity index (χ1v) is 9.78. The summed E-state index contributed by atoms with van der Waals surface area (Å²) in [5.74, 6) is 0.164. The number of thiophene rings is 1. The molecule has 7 heteroatoms. The molecule has 1 aliphatic heterocycles. The van der Waals surface area contributed by atoms with Crippen LogP contribution in [0.4, 0.5) is 0 Å². The third-order valence-corrected chi connectivity index (χ3v) is 5.86. The maximum absolute atomic E-state index is 12.8. The van der Waals surface area contributed by atoms with Crippen molar-refractivity contribution in [3.05, 3.63) is 46.2 Å². The summed E-state index contributed by atoms with van der Waals surface area (Å²) in [5, 5.41) is 1.96. The SMILES string of the molecule is CC(=O)N(Cc1cncnc1)C1CCCN(C(=O)c2sccc2C)CC1.